The largest absolute Gasteiger partial charge is 0.496 e. The Morgan fingerprint density at radius 2 is 2.00 bits per heavy atom. The van der Waals surface area contributed by atoms with Crippen LogP contribution in [0.5, 0.6) is 5.75 Å². The van der Waals surface area contributed by atoms with E-state index in [0.717, 1.165) is 11.3 Å². The van der Waals surface area contributed by atoms with Crippen LogP contribution in [0.3, 0.4) is 0 Å². The number of hydrogen-bond acceptors (Lipinski definition) is 3. The number of nitrogens with zero attached hydrogens (tertiary/aromatic N) is 2. The molecule has 118 valence electrons. The van der Waals surface area contributed by atoms with Gasteiger partial charge in [0.05, 0.1) is 7.11 Å². The quantitative estimate of drug-likeness (QED) is 0.892. The summed E-state index contributed by atoms with van der Waals surface area (Å²) in [5.41, 5.74) is 1.66. The van der Waals surface area contributed by atoms with Crippen molar-refractivity contribution in [3.63, 3.8) is 0 Å². The number of carbonyl (C=O) groups excluding carboxylic acids is 1. The molecule has 1 N–H and O–H groups in total. The number of ether oxygens (including phenoxy) is 1. The predicted octanol–water partition coefficient (Wildman–Crippen LogP) is 2.83. The summed E-state index contributed by atoms with van der Waals surface area (Å²) in [6, 6.07) is 9.75. The van der Waals surface area contributed by atoms with Crippen molar-refractivity contribution in [2.45, 2.75) is 39.3 Å². The molecule has 1 atom stereocenters. The fraction of sp³-hybridized carbons (Fsp3) is 0.412. The zero-order valence-electron chi connectivity index (χ0n) is 13.5. The van der Waals surface area contributed by atoms with Gasteiger partial charge in [-0.25, -0.2) is 0 Å². The van der Waals surface area contributed by atoms with Gasteiger partial charge in [0.25, 0.3) is 5.91 Å². The monoisotopic (exact) mass is 301 g/mol. The summed E-state index contributed by atoms with van der Waals surface area (Å²) < 4.78 is 7.07. The lowest BCUT2D eigenvalue weighted by Gasteiger charge is -2.17. The molecule has 1 aromatic heterocycles. The minimum absolute atomic E-state index is 0.000637. The average molecular weight is 301 g/mol. The number of benzene rings is 1. The van der Waals surface area contributed by atoms with Crippen LogP contribution in [-0.4, -0.2) is 28.8 Å². The molecule has 22 heavy (non-hydrogen) atoms. The molecule has 0 fully saturated rings. The molecule has 1 heterocycles. The molecule has 1 unspecified atom stereocenters. The van der Waals surface area contributed by atoms with Gasteiger partial charge < -0.3 is 10.1 Å². The number of carbonyl (C=O) groups is 1. The molecule has 0 aliphatic carbocycles. The van der Waals surface area contributed by atoms with E-state index in [0.29, 0.717) is 12.1 Å². The van der Waals surface area contributed by atoms with E-state index < -0.39 is 0 Å². The van der Waals surface area contributed by atoms with Crippen molar-refractivity contribution in [1.82, 2.24) is 15.1 Å². The zero-order valence-corrected chi connectivity index (χ0v) is 13.5. The highest BCUT2D eigenvalue weighted by atomic mass is 16.5. The predicted molar refractivity (Wildman–Crippen MR) is 86.2 cm³/mol. The first-order valence-electron chi connectivity index (χ1n) is 7.49. The number of aromatic nitrogens is 2. The average Bonchev–Trinajstić information content (AvgIpc) is 2.97. The molecule has 0 bridgehead atoms. The first-order chi connectivity index (χ1) is 10.5. The van der Waals surface area contributed by atoms with E-state index in [1.165, 1.54) is 0 Å². The second kappa shape index (κ2) is 7.11. The Balaban J connectivity index is 2.04. The number of para-hydroxylation sites is 1. The maximum absolute atomic E-state index is 12.4. The third kappa shape index (κ3) is 3.67. The molecule has 0 saturated carbocycles. The van der Waals surface area contributed by atoms with E-state index in [9.17, 15) is 4.79 Å². The SMILES string of the molecule is COc1ccccc1CC(C)NC(=O)c1ccnn1C(C)C. The van der Waals surface area contributed by atoms with Crippen LogP contribution >= 0.6 is 0 Å². The molecule has 5 nitrogen and oxygen atoms in total. The van der Waals surface area contributed by atoms with Crippen molar-refractivity contribution in [2.75, 3.05) is 7.11 Å². The minimum atomic E-state index is -0.103. The Hall–Kier alpha value is -2.30. The molecule has 1 aromatic carbocycles. The molecule has 5 heteroatoms. The van der Waals surface area contributed by atoms with Crippen molar-refractivity contribution >= 4 is 5.91 Å². The van der Waals surface area contributed by atoms with Gasteiger partial charge in [-0.2, -0.15) is 5.10 Å². The van der Waals surface area contributed by atoms with Gasteiger partial charge in [-0.15, -0.1) is 0 Å². The first kappa shape index (κ1) is 16.1. The maximum Gasteiger partial charge on any atom is 0.269 e. The zero-order chi connectivity index (χ0) is 16.1. The van der Waals surface area contributed by atoms with Crippen LogP contribution in [0, 0.1) is 0 Å². The summed E-state index contributed by atoms with van der Waals surface area (Å²) in [4.78, 5) is 12.4. The van der Waals surface area contributed by atoms with Crippen molar-refractivity contribution in [3.05, 3.63) is 47.8 Å². The Kier molecular flexibility index (Phi) is 5.20. The fourth-order valence-corrected chi connectivity index (χ4v) is 2.46. The number of rotatable bonds is 6. The van der Waals surface area contributed by atoms with Crippen molar-refractivity contribution < 1.29 is 9.53 Å². The van der Waals surface area contributed by atoms with Crippen LogP contribution in [0.2, 0.25) is 0 Å². The summed E-state index contributed by atoms with van der Waals surface area (Å²) in [5.74, 6) is 0.740. The fourth-order valence-electron chi connectivity index (χ4n) is 2.46. The van der Waals surface area contributed by atoms with Gasteiger partial charge in [0, 0.05) is 18.3 Å². The normalized spacial score (nSPS) is 12.2. The Labute approximate surface area is 131 Å². The van der Waals surface area contributed by atoms with E-state index in [2.05, 4.69) is 10.4 Å². The Morgan fingerprint density at radius 1 is 1.27 bits per heavy atom. The van der Waals surface area contributed by atoms with Crippen LogP contribution in [-0.2, 0) is 6.42 Å². The van der Waals surface area contributed by atoms with E-state index in [4.69, 9.17) is 4.74 Å². The highest BCUT2D eigenvalue weighted by molar-refractivity contribution is 5.92. The standard InChI is InChI=1S/C17H23N3O2/c1-12(2)20-15(9-10-18-20)17(21)19-13(3)11-14-7-5-6-8-16(14)22-4/h5-10,12-13H,11H2,1-4H3,(H,19,21). The van der Waals surface area contributed by atoms with Gasteiger partial charge in [0.1, 0.15) is 11.4 Å². The van der Waals surface area contributed by atoms with Crippen molar-refractivity contribution in [1.29, 1.82) is 0 Å². The number of amides is 1. The second-order valence-electron chi connectivity index (χ2n) is 5.65. The van der Waals surface area contributed by atoms with Crippen LogP contribution < -0.4 is 10.1 Å². The van der Waals surface area contributed by atoms with Crippen LogP contribution in [0.4, 0.5) is 0 Å². The molecule has 0 aliphatic rings. The maximum atomic E-state index is 12.4. The van der Waals surface area contributed by atoms with Crippen molar-refractivity contribution in [3.8, 4) is 5.75 Å². The molecule has 0 aliphatic heterocycles. The van der Waals surface area contributed by atoms with Crippen molar-refractivity contribution in [2.24, 2.45) is 0 Å². The smallest absolute Gasteiger partial charge is 0.269 e. The van der Waals surface area contributed by atoms with E-state index in [1.54, 1.807) is 24.1 Å². The molecular formula is C17H23N3O2. The topological polar surface area (TPSA) is 56.1 Å². The lowest BCUT2D eigenvalue weighted by Crippen LogP contribution is -2.35. The third-order valence-electron chi connectivity index (χ3n) is 3.49. The van der Waals surface area contributed by atoms with Crippen LogP contribution in [0.15, 0.2) is 36.5 Å². The van der Waals surface area contributed by atoms with Crippen LogP contribution in [0.1, 0.15) is 42.9 Å². The number of methoxy groups -OCH3 is 1. The van der Waals surface area contributed by atoms with Gasteiger partial charge >= 0.3 is 0 Å². The van der Waals surface area contributed by atoms with Crippen LogP contribution in [0.25, 0.3) is 0 Å². The van der Waals surface area contributed by atoms with Gasteiger partial charge in [0.15, 0.2) is 0 Å². The number of hydrogen-bond donors (Lipinski definition) is 1. The highest BCUT2D eigenvalue weighted by Gasteiger charge is 2.17. The van der Waals surface area contributed by atoms with E-state index in [-0.39, 0.29) is 18.0 Å². The number of nitrogens with one attached hydrogen (secondary N) is 1. The first-order valence-corrected chi connectivity index (χ1v) is 7.49. The minimum Gasteiger partial charge on any atom is -0.496 e. The summed E-state index contributed by atoms with van der Waals surface area (Å²) >= 11 is 0. The van der Waals surface area contributed by atoms with E-state index >= 15 is 0 Å². The van der Waals surface area contributed by atoms with Gasteiger partial charge in [-0.05, 0) is 44.9 Å². The Morgan fingerprint density at radius 3 is 2.68 bits per heavy atom. The summed E-state index contributed by atoms with van der Waals surface area (Å²) in [7, 11) is 1.66. The van der Waals surface area contributed by atoms with Gasteiger partial charge in [0.2, 0.25) is 0 Å². The molecule has 2 rings (SSSR count). The lowest BCUT2D eigenvalue weighted by atomic mass is 10.1. The summed E-state index contributed by atoms with van der Waals surface area (Å²) in [6.45, 7) is 5.99. The molecular weight excluding hydrogens is 278 g/mol. The molecule has 0 spiro atoms. The molecule has 1 amide bonds. The highest BCUT2D eigenvalue weighted by Crippen LogP contribution is 2.19. The Bertz CT molecular complexity index is 634. The summed E-state index contributed by atoms with van der Waals surface area (Å²) in [5, 5.41) is 7.21. The van der Waals surface area contributed by atoms with Gasteiger partial charge in [-0.1, -0.05) is 18.2 Å². The summed E-state index contributed by atoms with van der Waals surface area (Å²) in [6.07, 6.45) is 2.37. The molecule has 0 radical (unpaired) electrons. The van der Waals surface area contributed by atoms with E-state index in [1.807, 2.05) is 45.0 Å². The molecule has 2 aromatic rings. The molecule has 0 saturated heterocycles. The lowest BCUT2D eigenvalue weighted by molar-refractivity contribution is 0.0927. The van der Waals surface area contributed by atoms with Gasteiger partial charge in [-0.3, -0.25) is 9.48 Å². The third-order valence-corrected chi connectivity index (χ3v) is 3.49. The second-order valence-corrected chi connectivity index (χ2v) is 5.65.